The van der Waals surface area contributed by atoms with Gasteiger partial charge in [-0.1, -0.05) is 45.9 Å². The predicted molar refractivity (Wildman–Crippen MR) is 125 cm³/mol. The number of carbonyl (C=O) groups excluding carboxylic acids is 2. The second kappa shape index (κ2) is 7.42. The first-order chi connectivity index (χ1) is 14.5. The van der Waals surface area contributed by atoms with Crippen molar-refractivity contribution >= 4 is 19.9 Å². The van der Waals surface area contributed by atoms with Crippen LogP contribution in [0.2, 0.25) is 18.1 Å². The van der Waals surface area contributed by atoms with Gasteiger partial charge < -0.3 is 9.16 Å². The molecule has 0 saturated heterocycles. The van der Waals surface area contributed by atoms with Gasteiger partial charge in [-0.05, 0) is 60.2 Å². The maximum atomic E-state index is 13.7. The highest BCUT2D eigenvalue weighted by molar-refractivity contribution is 6.74. The summed E-state index contributed by atoms with van der Waals surface area (Å²) in [5.41, 5.74) is 3.88. The molecule has 0 unspecified atom stereocenters. The molecule has 0 saturated carbocycles. The number of rotatable bonds is 3. The van der Waals surface area contributed by atoms with Crippen LogP contribution in [-0.2, 0) is 10.8 Å². The average Bonchev–Trinajstić information content (AvgIpc) is 2.69. The van der Waals surface area contributed by atoms with E-state index in [1.54, 1.807) is 18.2 Å². The molecule has 2 aromatic rings. The first kappa shape index (κ1) is 22.0. The van der Waals surface area contributed by atoms with Gasteiger partial charge in [-0.15, -0.1) is 0 Å². The van der Waals surface area contributed by atoms with E-state index in [1.165, 1.54) is 7.11 Å². The van der Waals surface area contributed by atoms with Gasteiger partial charge in [-0.25, -0.2) is 0 Å². The van der Waals surface area contributed by atoms with Gasteiger partial charge in [-0.3, -0.25) is 9.59 Å². The maximum Gasteiger partial charge on any atom is 0.198 e. The van der Waals surface area contributed by atoms with Crippen LogP contribution in [0.1, 0.15) is 83.2 Å². The van der Waals surface area contributed by atoms with Gasteiger partial charge in [0.2, 0.25) is 0 Å². The van der Waals surface area contributed by atoms with E-state index in [-0.39, 0.29) is 22.7 Å². The van der Waals surface area contributed by atoms with Crippen molar-refractivity contribution in [1.29, 1.82) is 0 Å². The number of benzene rings is 2. The number of fused-ring (bicyclic) bond motifs is 4. The Morgan fingerprint density at radius 1 is 0.968 bits per heavy atom. The van der Waals surface area contributed by atoms with E-state index in [0.29, 0.717) is 33.9 Å². The molecule has 0 radical (unpaired) electrons. The van der Waals surface area contributed by atoms with Crippen LogP contribution < -0.4 is 4.74 Å². The Hall–Kier alpha value is -2.24. The number of carbonyl (C=O) groups is 2. The van der Waals surface area contributed by atoms with Crippen LogP contribution in [0.15, 0.2) is 30.3 Å². The number of ketones is 2. The summed E-state index contributed by atoms with van der Waals surface area (Å²) in [5.74, 6) is 0.664. The number of hydrogen-bond acceptors (Lipinski definition) is 4. The topological polar surface area (TPSA) is 52.6 Å². The third-order valence-electron chi connectivity index (χ3n) is 7.28. The lowest BCUT2D eigenvalue weighted by Gasteiger charge is -2.42. The van der Waals surface area contributed by atoms with E-state index < -0.39 is 8.32 Å². The maximum absolute atomic E-state index is 13.7. The van der Waals surface area contributed by atoms with E-state index in [0.717, 1.165) is 24.0 Å². The molecule has 0 aromatic heterocycles. The summed E-state index contributed by atoms with van der Waals surface area (Å²) in [6, 6.07) is 9.09. The van der Waals surface area contributed by atoms with Crippen molar-refractivity contribution in [3.05, 3.63) is 63.7 Å². The molecule has 31 heavy (non-hydrogen) atoms. The molecule has 2 aliphatic carbocycles. The molecular weight excluding hydrogens is 404 g/mol. The second-order valence-electron chi connectivity index (χ2n) is 10.5. The quantitative estimate of drug-likeness (QED) is 0.464. The lowest BCUT2D eigenvalue weighted by Crippen LogP contribution is -2.43. The Balaban J connectivity index is 1.90. The fraction of sp³-hybridized carbons (Fsp3) is 0.462. The van der Waals surface area contributed by atoms with E-state index in [1.807, 2.05) is 12.1 Å². The first-order valence-electron chi connectivity index (χ1n) is 11.1. The lowest BCUT2D eigenvalue weighted by atomic mass is 9.74. The Labute approximate surface area is 186 Å². The Morgan fingerprint density at radius 3 is 2.26 bits per heavy atom. The van der Waals surface area contributed by atoms with Gasteiger partial charge in [0.25, 0.3) is 0 Å². The monoisotopic (exact) mass is 436 g/mol. The van der Waals surface area contributed by atoms with Crippen LogP contribution >= 0.6 is 0 Å². The highest BCUT2D eigenvalue weighted by atomic mass is 28.4. The fourth-order valence-electron chi connectivity index (χ4n) is 4.62. The normalized spacial score (nSPS) is 20.7. The Bertz CT molecular complexity index is 1080. The highest BCUT2D eigenvalue weighted by Crippen LogP contribution is 2.47. The van der Waals surface area contributed by atoms with Crippen LogP contribution in [0, 0.1) is 5.92 Å². The molecular formula is C26H32O4Si. The second-order valence-corrected chi connectivity index (χ2v) is 15.3. The molecule has 0 bridgehead atoms. The minimum Gasteiger partial charge on any atom is -0.496 e. The van der Waals surface area contributed by atoms with Crippen molar-refractivity contribution in [3.63, 3.8) is 0 Å². The minimum absolute atomic E-state index is 0.0580. The molecule has 0 amide bonds. The lowest BCUT2D eigenvalue weighted by molar-refractivity contribution is 0.0966. The summed E-state index contributed by atoms with van der Waals surface area (Å²) in [6.45, 7) is 13.4. The van der Waals surface area contributed by atoms with E-state index in [2.05, 4.69) is 40.8 Å². The Morgan fingerprint density at radius 2 is 1.61 bits per heavy atom. The number of methoxy groups -OCH3 is 1. The third-order valence-corrected chi connectivity index (χ3v) is 11.8. The molecule has 4 nitrogen and oxygen atoms in total. The fourth-order valence-corrected chi connectivity index (χ4v) is 5.90. The van der Waals surface area contributed by atoms with Crippen LogP contribution in [0.4, 0.5) is 0 Å². The Kier molecular flexibility index (Phi) is 5.26. The summed E-state index contributed by atoms with van der Waals surface area (Å²) >= 11 is 0. The summed E-state index contributed by atoms with van der Waals surface area (Å²) in [4.78, 5) is 27.2. The van der Waals surface area contributed by atoms with Crippen molar-refractivity contribution in [3.8, 4) is 5.75 Å². The standard InChI is InChI=1S/C26H32O4Si/c1-15-13-16-11-12-18-23(21(16)20(14-15)30-31(6,7)26(2,3)4)25(28)17-9-8-10-19(29-5)22(17)24(18)27/h8-12,15,20H,13-14H2,1-7H3/t15-,20+/m0/s1. The zero-order valence-electron chi connectivity index (χ0n) is 19.6. The van der Waals surface area contributed by atoms with Gasteiger partial charge in [0.15, 0.2) is 19.9 Å². The van der Waals surface area contributed by atoms with E-state index in [4.69, 9.17) is 9.16 Å². The number of ether oxygens (including phenoxy) is 1. The minimum atomic E-state index is -2.08. The van der Waals surface area contributed by atoms with Crippen molar-refractivity contribution in [2.24, 2.45) is 5.92 Å². The molecule has 2 atom stereocenters. The molecule has 5 heteroatoms. The van der Waals surface area contributed by atoms with Gasteiger partial charge >= 0.3 is 0 Å². The van der Waals surface area contributed by atoms with Gasteiger partial charge in [-0.2, -0.15) is 0 Å². The zero-order chi connectivity index (χ0) is 22.7. The molecule has 0 aliphatic heterocycles. The van der Waals surface area contributed by atoms with Crippen LogP contribution in [0.25, 0.3) is 0 Å². The van der Waals surface area contributed by atoms with Gasteiger partial charge in [0.05, 0.1) is 18.8 Å². The van der Waals surface area contributed by atoms with Crippen LogP contribution in [0.5, 0.6) is 5.75 Å². The van der Waals surface area contributed by atoms with Crippen LogP contribution in [-0.4, -0.2) is 27.0 Å². The van der Waals surface area contributed by atoms with Crippen molar-refractivity contribution in [2.45, 2.75) is 64.8 Å². The molecule has 0 spiro atoms. The largest absolute Gasteiger partial charge is 0.496 e. The summed E-state index contributed by atoms with van der Waals surface area (Å²) in [5, 5.41) is 0.0580. The molecule has 0 fully saturated rings. The first-order valence-corrected chi connectivity index (χ1v) is 14.0. The molecule has 0 heterocycles. The number of hydrogen-bond donors (Lipinski definition) is 0. The summed E-state index contributed by atoms with van der Waals surface area (Å²) in [7, 11) is -0.549. The molecule has 4 rings (SSSR count). The highest BCUT2D eigenvalue weighted by Gasteiger charge is 2.43. The van der Waals surface area contributed by atoms with Gasteiger partial charge in [0.1, 0.15) is 5.75 Å². The van der Waals surface area contributed by atoms with Gasteiger partial charge in [0, 0.05) is 16.7 Å². The SMILES string of the molecule is COc1cccc2c1C(=O)c1ccc3c(c1C2=O)[C@H](O[Si](C)(C)C(C)(C)C)C[C@@H](C)C3. The molecule has 2 aliphatic rings. The summed E-state index contributed by atoms with van der Waals surface area (Å²) < 4.78 is 12.3. The smallest absolute Gasteiger partial charge is 0.198 e. The van der Waals surface area contributed by atoms with E-state index >= 15 is 0 Å². The van der Waals surface area contributed by atoms with E-state index in [9.17, 15) is 9.59 Å². The van der Waals surface area contributed by atoms with Crippen LogP contribution in [0.3, 0.4) is 0 Å². The zero-order valence-corrected chi connectivity index (χ0v) is 20.6. The summed E-state index contributed by atoms with van der Waals surface area (Å²) in [6.07, 6.45) is 1.59. The van der Waals surface area contributed by atoms with Crippen molar-refractivity contribution in [2.75, 3.05) is 7.11 Å². The predicted octanol–water partition coefficient (Wildman–Crippen LogP) is 6.12. The molecule has 2 aromatic carbocycles. The molecule has 164 valence electrons. The van der Waals surface area contributed by atoms with Crippen molar-refractivity contribution in [1.82, 2.24) is 0 Å². The van der Waals surface area contributed by atoms with Crippen molar-refractivity contribution < 1.29 is 18.8 Å². The third kappa shape index (κ3) is 3.48. The molecule has 0 N–H and O–H groups in total. The average molecular weight is 437 g/mol.